The molecule has 3 fully saturated rings. The molecule has 3 aliphatic rings. The predicted octanol–water partition coefficient (Wildman–Crippen LogP) is 1.01. The highest BCUT2D eigenvalue weighted by Crippen LogP contribution is 2.58. The fraction of sp³-hybridized carbons (Fsp3) is 0.800. The molecule has 8 nitrogen and oxygen atoms in total. The molecule has 1 aromatic rings. The van der Waals surface area contributed by atoms with Crippen molar-refractivity contribution in [1.82, 2.24) is 23.7 Å². The van der Waals surface area contributed by atoms with E-state index < -0.39 is 10.0 Å². The van der Waals surface area contributed by atoms with Crippen molar-refractivity contribution in [3.8, 4) is 0 Å². The third-order valence-electron chi connectivity index (χ3n) is 7.25. The van der Waals surface area contributed by atoms with Crippen LogP contribution in [0.5, 0.6) is 0 Å². The van der Waals surface area contributed by atoms with Gasteiger partial charge in [0.15, 0.2) is 5.03 Å². The lowest BCUT2D eigenvalue weighted by atomic mass is 9.60. The fourth-order valence-corrected chi connectivity index (χ4v) is 7.25. The normalized spacial score (nSPS) is 28.4. The Morgan fingerprint density at radius 2 is 1.79 bits per heavy atom. The third kappa shape index (κ3) is 3.21. The van der Waals surface area contributed by atoms with Crippen LogP contribution >= 0.6 is 0 Å². The van der Waals surface area contributed by atoms with E-state index in [1.807, 2.05) is 11.9 Å². The standard InChI is InChI=1S/C20H33N5O3S/c1-16(2)11-24-13-19(20(14-24)7-8-23(4)18(20)26)5-9-25(10-6-19)29(27,28)17-12-22(3)15-21-17/h12,15-16H,5-11,13-14H2,1-4H3. The second-order valence-corrected chi connectivity index (χ2v) is 11.6. The van der Waals surface area contributed by atoms with Crippen LogP contribution in [0.3, 0.4) is 0 Å². The predicted molar refractivity (Wildman–Crippen MR) is 110 cm³/mol. The molecule has 3 aliphatic heterocycles. The number of likely N-dealkylation sites (tertiary alicyclic amines) is 2. The number of aryl methyl sites for hydroxylation is 1. The molecule has 0 aliphatic carbocycles. The molecular formula is C20H33N5O3S. The highest BCUT2D eigenvalue weighted by Gasteiger charge is 2.64. The van der Waals surface area contributed by atoms with Gasteiger partial charge in [-0.15, -0.1) is 0 Å². The number of aromatic nitrogens is 2. The van der Waals surface area contributed by atoms with Crippen LogP contribution in [-0.4, -0.2) is 84.3 Å². The van der Waals surface area contributed by atoms with Gasteiger partial charge in [-0.3, -0.25) is 4.79 Å². The first-order valence-corrected chi connectivity index (χ1v) is 12.0. The van der Waals surface area contributed by atoms with Crippen LogP contribution in [0.1, 0.15) is 33.1 Å². The summed E-state index contributed by atoms with van der Waals surface area (Å²) in [7, 11) is 0.0813. The molecule has 1 amide bonds. The summed E-state index contributed by atoms with van der Waals surface area (Å²) in [4.78, 5) is 21.7. The van der Waals surface area contributed by atoms with Crippen LogP contribution in [0, 0.1) is 16.7 Å². The topological polar surface area (TPSA) is 78.8 Å². The Hall–Kier alpha value is -1.45. The lowest BCUT2D eigenvalue weighted by Gasteiger charge is -2.46. The summed E-state index contributed by atoms with van der Waals surface area (Å²) in [5, 5.41) is 0.107. The van der Waals surface area contributed by atoms with Gasteiger partial charge in [0, 0.05) is 65.0 Å². The molecule has 4 rings (SSSR count). The Morgan fingerprint density at radius 1 is 1.10 bits per heavy atom. The number of nitrogens with zero attached hydrogens (tertiary/aromatic N) is 5. The smallest absolute Gasteiger partial charge is 0.262 e. The van der Waals surface area contributed by atoms with Gasteiger partial charge < -0.3 is 14.4 Å². The van der Waals surface area contributed by atoms with Gasteiger partial charge in [0.25, 0.3) is 10.0 Å². The van der Waals surface area contributed by atoms with Crippen molar-refractivity contribution < 1.29 is 13.2 Å². The molecule has 162 valence electrons. The summed E-state index contributed by atoms with van der Waals surface area (Å²) in [6.45, 7) is 8.80. The molecule has 4 heterocycles. The summed E-state index contributed by atoms with van der Waals surface area (Å²) >= 11 is 0. The molecule has 29 heavy (non-hydrogen) atoms. The van der Waals surface area contributed by atoms with Gasteiger partial charge in [-0.05, 0) is 25.2 Å². The minimum atomic E-state index is -3.59. The Labute approximate surface area is 173 Å². The molecule has 1 unspecified atom stereocenters. The van der Waals surface area contributed by atoms with Crippen LogP contribution in [0.4, 0.5) is 0 Å². The van der Waals surface area contributed by atoms with E-state index in [1.54, 1.807) is 22.1 Å². The highest BCUT2D eigenvalue weighted by molar-refractivity contribution is 7.89. The first kappa shape index (κ1) is 20.8. The second kappa shape index (κ2) is 7.06. The maximum absolute atomic E-state index is 13.3. The van der Waals surface area contributed by atoms with Crippen molar-refractivity contribution in [3.63, 3.8) is 0 Å². The molecule has 3 saturated heterocycles. The van der Waals surface area contributed by atoms with Gasteiger partial charge in [0.05, 0.1) is 11.7 Å². The van der Waals surface area contributed by atoms with E-state index in [0.29, 0.717) is 19.0 Å². The number of piperidine rings is 1. The lowest BCUT2D eigenvalue weighted by molar-refractivity contribution is -0.140. The number of carbonyl (C=O) groups excluding carboxylic acids is 1. The summed E-state index contributed by atoms with van der Waals surface area (Å²) in [6.07, 6.45) is 5.40. The number of carbonyl (C=O) groups is 1. The number of fused-ring (bicyclic) bond motifs is 1. The number of imidazole rings is 1. The summed E-state index contributed by atoms with van der Waals surface area (Å²) in [5.41, 5.74) is -0.503. The van der Waals surface area contributed by atoms with Crippen LogP contribution in [-0.2, 0) is 21.9 Å². The first-order valence-electron chi connectivity index (χ1n) is 10.6. The Kier molecular flexibility index (Phi) is 5.07. The van der Waals surface area contributed by atoms with Crippen LogP contribution < -0.4 is 0 Å². The zero-order chi connectivity index (χ0) is 21.0. The SMILES string of the molecule is CC(C)CN1CC2(CCN(S(=O)(=O)c3cn(C)cn3)CC2)C2(CCN(C)C2=O)C1. The minimum Gasteiger partial charge on any atom is -0.345 e. The van der Waals surface area contributed by atoms with E-state index >= 15 is 0 Å². The van der Waals surface area contributed by atoms with Crippen molar-refractivity contribution in [3.05, 3.63) is 12.5 Å². The lowest BCUT2D eigenvalue weighted by Crippen LogP contribution is -2.53. The van der Waals surface area contributed by atoms with Gasteiger partial charge >= 0.3 is 0 Å². The van der Waals surface area contributed by atoms with Gasteiger partial charge in [-0.1, -0.05) is 13.8 Å². The molecule has 1 atom stereocenters. The molecule has 1 aromatic heterocycles. The Balaban J connectivity index is 1.58. The van der Waals surface area contributed by atoms with E-state index in [-0.39, 0.29) is 21.8 Å². The number of amides is 1. The summed E-state index contributed by atoms with van der Waals surface area (Å²) < 4.78 is 29.2. The largest absolute Gasteiger partial charge is 0.345 e. The zero-order valence-corrected chi connectivity index (χ0v) is 18.8. The number of rotatable bonds is 4. The minimum absolute atomic E-state index is 0.107. The van der Waals surface area contributed by atoms with E-state index in [9.17, 15) is 13.2 Å². The monoisotopic (exact) mass is 423 g/mol. The number of sulfonamides is 1. The molecule has 0 radical (unpaired) electrons. The summed E-state index contributed by atoms with van der Waals surface area (Å²) in [6, 6.07) is 0. The highest BCUT2D eigenvalue weighted by atomic mass is 32.2. The van der Waals surface area contributed by atoms with Gasteiger partial charge in [0.2, 0.25) is 5.91 Å². The molecule has 0 N–H and O–H groups in total. The average molecular weight is 424 g/mol. The van der Waals surface area contributed by atoms with Crippen molar-refractivity contribution in [1.29, 1.82) is 0 Å². The van der Waals surface area contributed by atoms with Crippen molar-refractivity contribution >= 4 is 15.9 Å². The van der Waals surface area contributed by atoms with E-state index in [2.05, 4.69) is 23.7 Å². The van der Waals surface area contributed by atoms with Crippen molar-refractivity contribution in [2.24, 2.45) is 23.8 Å². The molecule has 2 spiro atoms. The number of hydrogen-bond acceptors (Lipinski definition) is 5. The van der Waals surface area contributed by atoms with Crippen LogP contribution in [0.15, 0.2) is 17.6 Å². The average Bonchev–Trinajstić information content (AvgIpc) is 3.30. The first-order chi connectivity index (χ1) is 13.6. The van der Waals surface area contributed by atoms with E-state index in [0.717, 1.165) is 45.4 Å². The van der Waals surface area contributed by atoms with E-state index in [4.69, 9.17) is 0 Å². The molecule has 0 saturated carbocycles. The summed E-state index contributed by atoms with van der Waals surface area (Å²) in [5.74, 6) is 0.797. The van der Waals surface area contributed by atoms with Gasteiger partial charge in [-0.2, -0.15) is 4.31 Å². The van der Waals surface area contributed by atoms with E-state index in [1.165, 1.54) is 6.33 Å². The Bertz CT molecular complexity index is 888. The van der Waals surface area contributed by atoms with Crippen molar-refractivity contribution in [2.45, 2.75) is 38.1 Å². The van der Waals surface area contributed by atoms with Crippen LogP contribution in [0.25, 0.3) is 0 Å². The van der Waals surface area contributed by atoms with Crippen LogP contribution in [0.2, 0.25) is 0 Å². The molecule has 9 heteroatoms. The molecular weight excluding hydrogens is 390 g/mol. The van der Waals surface area contributed by atoms with Crippen molar-refractivity contribution in [2.75, 3.05) is 46.3 Å². The second-order valence-electron chi connectivity index (χ2n) is 9.68. The third-order valence-corrected chi connectivity index (χ3v) is 9.04. The Morgan fingerprint density at radius 3 is 2.31 bits per heavy atom. The maximum atomic E-state index is 13.3. The fourth-order valence-electron chi connectivity index (χ4n) is 5.85. The molecule has 0 bridgehead atoms. The maximum Gasteiger partial charge on any atom is 0.262 e. The quantitative estimate of drug-likeness (QED) is 0.722. The van der Waals surface area contributed by atoms with Gasteiger partial charge in [0.1, 0.15) is 0 Å². The molecule has 0 aromatic carbocycles. The zero-order valence-electron chi connectivity index (χ0n) is 18.0. The number of hydrogen-bond donors (Lipinski definition) is 0. The van der Waals surface area contributed by atoms with Gasteiger partial charge in [-0.25, -0.2) is 13.4 Å².